The Balaban J connectivity index is 1.74. The molecule has 0 unspecified atom stereocenters. The first kappa shape index (κ1) is 24.1. The van der Waals surface area contributed by atoms with Gasteiger partial charge in [0.2, 0.25) is 15.0 Å². The van der Waals surface area contributed by atoms with Gasteiger partial charge in [-0.2, -0.15) is 0 Å². The average Bonchev–Trinajstić information content (AvgIpc) is 2.94. The van der Waals surface area contributed by atoms with Gasteiger partial charge < -0.3 is 24.4 Å². The van der Waals surface area contributed by atoms with Gasteiger partial charge in [-0.15, -0.1) is 0 Å². The van der Waals surface area contributed by atoms with E-state index in [1.165, 1.54) is 17.3 Å². The number of sulfone groups is 1. The molecule has 1 aromatic heterocycles. The third-order valence-corrected chi connectivity index (χ3v) is 7.82. The molecular formula is C19H30BN3O7S. The van der Waals surface area contributed by atoms with E-state index in [9.17, 15) is 18.3 Å². The van der Waals surface area contributed by atoms with Gasteiger partial charge in [0.1, 0.15) is 0 Å². The first-order chi connectivity index (χ1) is 14.4. The van der Waals surface area contributed by atoms with Crippen LogP contribution in [0, 0.1) is 0 Å². The van der Waals surface area contributed by atoms with Gasteiger partial charge >= 0.3 is 7.12 Å². The lowest BCUT2D eigenvalue weighted by Crippen LogP contribution is -2.51. The lowest BCUT2D eigenvalue weighted by atomic mass is 9.81. The van der Waals surface area contributed by atoms with Gasteiger partial charge in [-0.25, -0.2) is 18.4 Å². The Kier molecular flexibility index (Phi) is 6.78. The van der Waals surface area contributed by atoms with Crippen molar-refractivity contribution in [2.45, 2.75) is 75.5 Å². The van der Waals surface area contributed by atoms with Gasteiger partial charge in [0.05, 0.1) is 23.6 Å². The number of aliphatic hydroxyl groups is 2. The smallest absolute Gasteiger partial charge is 0.399 e. The van der Waals surface area contributed by atoms with E-state index in [-0.39, 0.29) is 10.9 Å². The van der Waals surface area contributed by atoms with Gasteiger partial charge in [-0.1, -0.05) is 0 Å². The third-order valence-electron chi connectivity index (χ3n) is 6.23. The molecule has 12 heteroatoms. The fourth-order valence-electron chi connectivity index (χ4n) is 3.65. The van der Waals surface area contributed by atoms with E-state index >= 15 is 0 Å². The Morgan fingerprint density at radius 1 is 1.23 bits per heavy atom. The second-order valence-electron chi connectivity index (χ2n) is 9.05. The van der Waals surface area contributed by atoms with Crippen LogP contribution in [0.2, 0.25) is 0 Å². The average molecular weight is 455 g/mol. The standard InChI is InChI=1S/C19H30BN3O7S/c1-18(2)19(3,4)30-20(29-18)13-9-21-17(22-10-13)31(27,28)12-14-7-5-6-8-23(14)16(26)15(25)11-24/h9-10,14-15,24-25H,5-8,11-12H2,1-4H3/t14-,15+/m0/s1. The summed E-state index contributed by atoms with van der Waals surface area (Å²) in [7, 11) is -4.59. The molecule has 10 nitrogen and oxygen atoms in total. The van der Waals surface area contributed by atoms with Gasteiger partial charge in [0.15, 0.2) is 6.10 Å². The maximum atomic E-state index is 12.9. The van der Waals surface area contributed by atoms with Crippen LogP contribution in [-0.2, 0) is 23.9 Å². The Labute approximate surface area is 183 Å². The van der Waals surface area contributed by atoms with Crippen LogP contribution in [0.5, 0.6) is 0 Å². The van der Waals surface area contributed by atoms with Crippen molar-refractivity contribution < 1.29 is 32.7 Å². The highest BCUT2D eigenvalue weighted by Crippen LogP contribution is 2.36. The molecule has 0 radical (unpaired) electrons. The zero-order valence-electron chi connectivity index (χ0n) is 18.3. The van der Waals surface area contributed by atoms with Crippen LogP contribution >= 0.6 is 0 Å². The second-order valence-corrected chi connectivity index (χ2v) is 11.0. The molecule has 0 bridgehead atoms. The molecule has 2 fully saturated rings. The van der Waals surface area contributed by atoms with E-state index in [0.717, 1.165) is 6.42 Å². The summed E-state index contributed by atoms with van der Waals surface area (Å²) in [4.78, 5) is 21.7. The number of carbonyl (C=O) groups is 1. The largest absolute Gasteiger partial charge is 0.498 e. The molecule has 2 saturated heterocycles. The van der Waals surface area contributed by atoms with Gasteiger partial charge in [0, 0.05) is 30.4 Å². The summed E-state index contributed by atoms with van der Waals surface area (Å²) >= 11 is 0. The van der Waals surface area contributed by atoms with E-state index in [1.807, 2.05) is 27.7 Å². The zero-order chi connectivity index (χ0) is 23.0. The zero-order valence-corrected chi connectivity index (χ0v) is 19.1. The number of likely N-dealkylation sites (tertiary alicyclic amines) is 1. The molecule has 31 heavy (non-hydrogen) atoms. The minimum absolute atomic E-state index is 0.331. The van der Waals surface area contributed by atoms with Gasteiger partial charge in [-0.3, -0.25) is 4.79 Å². The van der Waals surface area contributed by atoms with Gasteiger partial charge in [-0.05, 0) is 47.0 Å². The third kappa shape index (κ3) is 4.93. The monoisotopic (exact) mass is 455 g/mol. The predicted molar refractivity (Wildman–Crippen MR) is 112 cm³/mol. The van der Waals surface area contributed by atoms with E-state index in [4.69, 9.17) is 14.4 Å². The van der Waals surface area contributed by atoms with Crippen molar-refractivity contribution in [3.8, 4) is 0 Å². The molecular weight excluding hydrogens is 425 g/mol. The Morgan fingerprint density at radius 2 is 1.81 bits per heavy atom. The highest BCUT2D eigenvalue weighted by Gasteiger charge is 2.52. The number of carbonyl (C=O) groups excluding carboxylic acids is 1. The number of aliphatic hydroxyl groups excluding tert-OH is 2. The number of amides is 1. The van der Waals surface area contributed by atoms with E-state index in [0.29, 0.717) is 24.8 Å². The molecule has 0 saturated carbocycles. The molecule has 172 valence electrons. The van der Waals surface area contributed by atoms with Crippen molar-refractivity contribution >= 4 is 28.3 Å². The summed E-state index contributed by atoms with van der Waals surface area (Å²) in [5.41, 5.74) is -0.574. The minimum Gasteiger partial charge on any atom is -0.399 e. The summed E-state index contributed by atoms with van der Waals surface area (Å²) < 4.78 is 37.7. The van der Waals surface area contributed by atoms with Crippen LogP contribution in [-0.4, -0.2) is 88.8 Å². The molecule has 3 rings (SSSR count). The molecule has 2 atom stereocenters. The van der Waals surface area contributed by atoms with Crippen LogP contribution in [0.3, 0.4) is 0 Å². The van der Waals surface area contributed by atoms with Gasteiger partial charge in [0.25, 0.3) is 5.91 Å². The molecule has 1 aromatic rings. The number of hydrogen-bond donors (Lipinski definition) is 2. The highest BCUT2D eigenvalue weighted by molar-refractivity contribution is 7.91. The maximum Gasteiger partial charge on any atom is 0.498 e. The summed E-state index contributed by atoms with van der Waals surface area (Å²) in [5, 5.41) is 18.4. The predicted octanol–water partition coefficient (Wildman–Crippen LogP) is -0.716. The van der Waals surface area contributed by atoms with Crippen molar-refractivity contribution in [2.24, 2.45) is 0 Å². The Hall–Kier alpha value is -1.60. The Morgan fingerprint density at radius 3 is 2.35 bits per heavy atom. The maximum absolute atomic E-state index is 12.9. The van der Waals surface area contributed by atoms with Crippen molar-refractivity contribution in [3.63, 3.8) is 0 Å². The molecule has 0 spiro atoms. The molecule has 2 N–H and O–H groups in total. The normalized spacial score (nSPS) is 24.3. The minimum atomic E-state index is -3.89. The number of aromatic nitrogens is 2. The number of hydrogen-bond acceptors (Lipinski definition) is 9. The quantitative estimate of drug-likeness (QED) is 0.420. The van der Waals surface area contributed by atoms with E-state index in [1.54, 1.807) is 0 Å². The highest BCUT2D eigenvalue weighted by atomic mass is 32.2. The van der Waals surface area contributed by atoms with Crippen molar-refractivity contribution in [3.05, 3.63) is 12.4 Å². The topological polar surface area (TPSA) is 139 Å². The Bertz CT molecular complexity index is 892. The van der Waals surface area contributed by atoms with Crippen LogP contribution in [0.15, 0.2) is 17.6 Å². The SMILES string of the molecule is CC1(C)OB(c2cnc(S(=O)(=O)C[C@@H]3CCCCN3C(=O)[C@H](O)CO)nc2)OC1(C)C. The van der Waals surface area contributed by atoms with Crippen LogP contribution in [0.1, 0.15) is 47.0 Å². The molecule has 2 aliphatic rings. The summed E-state index contributed by atoms with van der Waals surface area (Å²) in [6.45, 7) is 7.28. The van der Waals surface area contributed by atoms with E-state index in [2.05, 4.69) is 9.97 Å². The van der Waals surface area contributed by atoms with Crippen LogP contribution in [0.25, 0.3) is 0 Å². The van der Waals surface area contributed by atoms with E-state index < -0.39 is 52.8 Å². The second kappa shape index (κ2) is 8.74. The summed E-state index contributed by atoms with van der Waals surface area (Å²) in [6.07, 6.45) is 3.15. The molecule has 0 aliphatic carbocycles. The number of piperidine rings is 1. The van der Waals surface area contributed by atoms with Crippen molar-refractivity contribution in [2.75, 3.05) is 18.9 Å². The molecule has 1 amide bonds. The molecule has 0 aromatic carbocycles. The number of nitrogens with zero attached hydrogens (tertiary/aromatic N) is 3. The number of rotatable bonds is 6. The summed E-state index contributed by atoms with van der Waals surface area (Å²) in [6, 6.07) is -0.612. The fourth-order valence-corrected chi connectivity index (χ4v) is 5.08. The molecule has 2 aliphatic heterocycles. The first-order valence-electron chi connectivity index (χ1n) is 10.4. The van der Waals surface area contributed by atoms with Crippen molar-refractivity contribution in [1.29, 1.82) is 0 Å². The van der Waals surface area contributed by atoms with Crippen LogP contribution < -0.4 is 5.46 Å². The van der Waals surface area contributed by atoms with Crippen LogP contribution in [0.4, 0.5) is 0 Å². The lowest BCUT2D eigenvalue weighted by molar-refractivity contribution is -0.145. The van der Waals surface area contributed by atoms with Crippen molar-refractivity contribution in [1.82, 2.24) is 14.9 Å². The fraction of sp³-hybridized carbons (Fsp3) is 0.737. The lowest BCUT2D eigenvalue weighted by Gasteiger charge is -2.36. The summed E-state index contributed by atoms with van der Waals surface area (Å²) in [5.74, 6) is -1.02. The molecule has 3 heterocycles. The first-order valence-corrected chi connectivity index (χ1v) is 12.0.